The van der Waals surface area contributed by atoms with Gasteiger partial charge in [0.05, 0.1) is 11.9 Å². The number of hydrogen-bond acceptors (Lipinski definition) is 3. The van der Waals surface area contributed by atoms with Crippen LogP contribution in [0.15, 0.2) is 6.20 Å². The lowest BCUT2D eigenvalue weighted by Crippen LogP contribution is -2.30. The van der Waals surface area contributed by atoms with E-state index in [9.17, 15) is 13.2 Å². The topological polar surface area (TPSA) is 56.7 Å². The van der Waals surface area contributed by atoms with E-state index in [0.29, 0.717) is 13.0 Å². The third-order valence-corrected chi connectivity index (χ3v) is 1.75. The Morgan fingerprint density at radius 2 is 2.21 bits per heavy atom. The zero-order valence-electron chi connectivity index (χ0n) is 7.62. The summed E-state index contributed by atoms with van der Waals surface area (Å²) in [5.74, 6) is 0. The number of aryl methyl sites for hydroxylation is 1. The van der Waals surface area contributed by atoms with E-state index in [2.05, 4.69) is 10.3 Å². The first-order valence-corrected chi connectivity index (χ1v) is 4.17. The van der Waals surface area contributed by atoms with Crippen molar-refractivity contribution in [2.45, 2.75) is 32.1 Å². The summed E-state index contributed by atoms with van der Waals surface area (Å²) in [6.45, 7) is 2.23. The van der Waals surface area contributed by atoms with Crippen LogP contribution in [0.3, 0.4) is 0 Å². The minimum Gasteiger partial charge on any atom is -0.315 e. The summed E-state index contributed by atoms with van der Waals surface area (Å²) in [4.78, 5) is 0. The van der Waals surface area contributed by atoms with Crippen molar-refractivity contribution >= 4 is 0 Å². The molecule has 0 bridgehead atoms. The lowest BCUT2D eigenvalue weighted by Gasteiger charge is -2.15. The second-order valence-electron chi connectivity index (χ2n) is 2.90. The standard InChI is InChI=1S/C7H11F3N4/c1-2-3-14-5(4-12-13-14)6(11)7(8,9)10/h4,6H,2-3,11H2,1H3. The van der Waals surface area contributed by atoms with E-state index in [1.165, 1.54) is 4.68 Å². The second-order valence-corrected chi connectivity index (χ2v) is 2.90. The quantitative estimate of drug-likeness (QED) is 0.813. The Balaban J connectivity index is 2.89. The molecule has 7 heteroatoms. The number of nitrogens with two attached hydrogens (primary N) is 1. The summed E-state index contributed by atoms with van der Waals surface area (Å²) in [5.41, 5.74) is 4.92. The highest BCUT2D eigenvalue weighted by atomic mass is 19.4. The van der Waals surface area contributed by atoms with Crippen LogP contribution < -0.4 is 5.73 Å². The highest BCUT2D eigenvalue weighted by Gasteiger charge is 2.40. The van der Waals surface area contributed by atoms with Crippen molar-refractivity contribution in [3.8, 4) is 0 Å². The first kappa shape index (κ1) is 11.0. The van der Waals surface area contributed by atoms with Gasteiger partial charge in [-0.15, -0.1) is 5.10 Å². The monoisotopic (exact) mass is 208 g/mol. The number of aromatic nitrogens is 3. The van der Waals surface area contributed by atoms with Crippen LogP contribution in [0.1, 0.15) is 25.1 Å². The Hall–Kier alpha value is -1.11. The first-order valence-electron chi connectivity index (χ1n) is 4.17. The molecule has 4 nitrogen and oxygen atoms in total. The Bertz CT molecular complexity index is 293. The highest BCUT2D eigenvalue weighted by Crippen LogP contribution is 2.29. The highest BCUT2D eigenvalue weighted by molar-refractivity contribution is 5.03. The van der Waals surface area contributed by atoms with E-state index in [1.54, 1.807) is 0 Å². The molecule has 1 aromatic rings. The molecule has 0 aromatic carbocycles. The largest absolute Gasteiger partial charge is 0.409 e. The molecule has 0 aliphatic heterocycles. The molecule has 14 heavy (non-hydrogen) atoms. The van der Waals surface area contributed by atoms with E-state index >= 15 is 0 Å². The number of hydrogen-bond donors (Lipinski definition) is 1. The molecule has 2 N–H and O–H groups in total. The first-order chi connectivity index (χ1) is 6.46. The molecule has 80 valence electrons. The van der Waals surface area contributed by atoms with Crippen molar-refractivity contribution in [1.82, 2.24) is 15.0 Å². The summed E-state index contributed by atoms with van der Waals surface area (Å²) in [5, 5.41) is 6.94. The normalized spacial score (nSPS) is 14.4. The Morgan fingerprint density at radius 1 is 1.57 bits per heavy atom. The summed E-state index contributed by atoms with van der Waals surface area (Å²) in [6, 6.07) is -2.01. The number of alkyl halides is 3. The van der Waals surface area contributed by atoms with E-state index in [0.717, 1.165) is 6.20 Å². The van der Waals surface area contributed by atoms with Gasteiger partial charge in [0.15, 0.2) is 0 Å². The second kappa shape index (κ2) is 3.95. The molecular weight excluding hydrogens is 197 g/mol. The minimum absolute atomic E-state index is 0.0978. The molecule has 0 aliphatic carbocycles. The third kappa shape index (κ3) is 2.22. The van der Waals surface area contributed by atoms with Gasteiger partial charge in [-0.1, -0.05) is 12.1 Å². The van der Waals surface area contributed by atoms with Crippen LogP contribution in [0.4, 0.5) is 13.2 Å². The van der Waals surface area contributed by atoms with Gasteiger partial charge in [0.25, 0.3) is 0 Å². The molecular formula is C7H11F3N4. The van der Waals surface area contributed by atoms with Crippen molar-refractivity contribution in [2.75, 3.05) is 0 Å². The van der Waals surface area contributed by atoms with Gasteiger partial charge >= 0.3 is 6.18 Å². The number of rotatable bonds is 3. The maximum absolute atomic E-state index is 12.2. The van der Waals surface area contributed by atoms with Crippen LogP contribution in [0.25, 0.3) is 0 Å². The van der Waals surface area contributed by atoms with Crippen molar-refractivity contribution in [3.63, 3.8) is 0 Å². The van der Waals surface area contributed by atoms with Crippen LogP contribution in [0.5, 0.6) is 0 Å². The van der Waals surface area contributed by atoms with Gasteiger partial charge in [-0.05, 0) is 6.42 Å². The molecule has 0 amide bonds. The Kier molecular flexibility index (Phi) is 3.10. The molecule has 1 heterocycles. The molecule has 0 spiro atoms. The average Bonchev–Trinajstić information content (AvgIpc) is 2.50. The van der Waals surface area contributed by atoms with Crippen molar-refractivity contribution < 1.29 is 13.2 Å². The fraction of sp³-hybridized carbons (Fsp3) is 0.714. The lowest BCUT2D eigenvalue weighted by molar-refractivity contribution is -0.150. The van der Waals surface area contributed by atoms with E-state index in [1.807, 2.05) is 6.92 Å². The summed E-state index contributed by atoms with van der Waals surface area (Å²) >= 11 is 0. The average molecular weight is 208 g/mol. The molecule has 0 saturated carbocycles. The molecule has 1 rings (SSSR count). The van der Waals surface area contributed by atoms with E-state index in [-0.39, 0.29) is 5.69 Å². The molecule has 0 aliphatic rings. The van der Waals surface area contributed by atoms with Gasteiger partial charge in [0.2, 0.25) is 0 Å². The minimum atomic E-state index is -4.45. The fourth-order valence-corrected chi connectivity index (χ4v) is 1.06. The fourth-order valence-electron chi connectivity index (χ4n) is 1.06. The SMILES string of the molecule is CCCn1nncc1C(N)C(F)(F)F. The van der Waals surface area contributed by atoms with E-state index in [4.69, 9.17) is 5.73 Å². The maximum Gasteiger partial charge on any atom is 0.409 e. The third-order valence-electron chi connectivity index (χ3n) is 1.75. The summed E-state index contributed by atoms with van der Waals surface area (Å²) in [6.07, 6.45) is -2.72. The molecule has 0 fully saturated rings. The van der Waals surface area contributed by atoms with Gasteiger partial charge in [-0.25, -0.2) is 4.68 Å². The van der Waals surface area contributed by atoms with Gasteiger partial charge < -0.3 is 5.73 Å². The molecule has 1 atom stereocenters. The number of halogens is 3. The van der Waals surface area contributed by atoms with E-state index < -0.39 is 12.2 Å². The predicted octanol–water partition coefficient (Wildman–Crippen LogP) is 1.25. The predicted molar refractivity (Wildman–Crippen MR) is 43.3 cm³/mol. The smallest absolute Gasteiger partial charge is 0.315 e. The van der Waals surface area contributed by atoms with Gasteiger partial charge in [0, 0.05) is 6.54 Å². The van der Waals surface area contributed by atoms with Gasteiger partial charge in [-0.3, -0.25) is 0 Å². The van der Waals surface area contributed by atoms with Crippen LogP contribution >= 0.6 is 0 Å². The van der Waals surface area contributed by atoms with Gasteiger partial charge in [-0.2, -0.15) is 13.2 Å². The Morgan fingerprint density at radius 3 is 2.71 bits per heavy atom. The Labute approximate surface area is 78.9 Å². The van der Waals surface area contributed by atoms with Crippen LogP contribution in [0, 0.1) is 0 Å². The van der Waals surface area contributed by atoms with Crippen molar-refractivity contribution in [3.05, 3.63) is 11.9 Å². The van der Waals surface area contributed by atoms with Crippen molar-refractivity contribution in [1.29, 1.82) is 0 Å². The number of nitrogens with zero attached hydrogens (tertiary/aromatic N) is 3. The van der Waals surface area contributed by atoms with Crippen molar-refractivity contribution in [2.24, 2.45) is 5.73 Å². The van der Waals surface area contributed by atoms with Crippen LogP contribution in [-0.2, 0) is 6.54 Å². The molecule has 1 aromatic heterocycles. The molecule has 1 unspecified atom stereocenters. The van der Waals surface area contributed by atoms with Crippen LogP contribution in [0.2, 0.25) is 0 Å². The molecule has 0 radical (unpaired) electrons. The molecule has 0 saturated heterocycles. The lowest BCUT2D eigenvalue weighted by atomic mass is 10.2. The van der Waals surface area contributed by atoms with Crippen LogP contribution in [-0.4, -0.2) is 21.2 Å². The summed E-state index contributed by atoms with van der Waals surface area (Å²) in [7, 11) is 0. The maximum atomic E-state index is 12.2. The van der Waals surface area contributed by atoms with Gasteiger partial charge in [0.1, 0.15) is 6.04 Å². The summed E-state index contributed by atoms with van der Waals surface area (Å²) < 4.78 is 37.9. The zero-order valence-corrected chi connectivity index (χ0v) is 7.62. The zero-order chi connectivity index (χ0) is 10.8.